The molecule has 0 spiro atoms. The lowest BCUT2D eigenvalue weighted by Gasteiger charge is -2.03. The van der Waals surface area contributed by atoms with Crippen molar-refractivity contribution in [1.29, 1.82) is 0 Å². The van der Waals surface area contributed by atoms with E-state index in [-0.39, 0.29) is 5.78 Å². The number of hydrogen-bond acceptors (Lipinski definition) is 2. The zero-order valence-corrected chi connectivity index (χ0v) is 13.4. The van der Waals surface area contributed by atoms with Crippen LogP contribution in [0, 0.1) is 0 Å². The average Bonchev–Trinajstić information content (AvgIpc) is 2.67. The summed E-state index contributed by atoms with van der Waals surface area (Å²) in [4.78, 5) is 12.2. The molecule has 0 aliphatic rings. The summed E-state index contributed by atoms with van der Waals surface area (Å²) in [5.74, 6) is 0.0151. The van der Waals surface area contributed by atoms with Gasteiger partial charge in [-0.2, -0.15) is 11.3 Å². The molecule has 2 aromatic rings. The van der Waals surface area contributed by atoms with Crippen molar-refractivity contribution in [1.82, 2.24) is 0 Å². The summed E-state index contributed by atoms with van der Waals surface area (Å²) in [5.41, 5.74) is 1.36. The highest BCUT2D eigenvalue weighted by Gasteiger charge is 2.16. The molecular weight excluding hydrogens is 420 g/mol. The maximum absolute atomic E-state index is 12.2. The molecule has 0 amide bonds. The SMILES string of the molecule is O=C(c1cscc1Br)c1cc(Br)ccc1Br. The van der Waals surface area contributed by atoms with Gasteiger partial charge in [-0.3, -0.25) is 4.79 Å². The lowest BCUT2D eigenvalue weighted by Crippen LogP contribution is -2.01. The second-order valence-corrected chi connectivity index (χ2v) is 6.45. The second-order valence-electron chi connectivity index (χ2n) is 3.09. The number of hydrogen-bond donors (Lipinski definition) is 0. The summed E-state index contributed by atoms with van der Waals surface area (Å²) < 4.78 is 2.54. The van der Waals surface area contributed by atoms with Crippen LogP contribution in [0.1, 0.15) is 15.9 Å². The molecule has 82 valence electrons. The van der Waals surface area contributed by atoms with Gasteiger partial charge < -0.3 is 0 Å². The van der Waals surface area contributed by atoms with Gasteiger partial charge in [0, 0.05) is 35.3 Å². The maximum Gasteiger partial charge on any atom is 0.196 e. The molecule has 0 atom stereocenters. The molecule has 2 rings (SSSR count). The molecule has 1 nitrogen and oxygen atoms in total. The van der Waals surface area contributed by atoms with Crippen LogP contribution in [0.2, 0.25) is 0 Å². The quantitative estimate of drug-likeness (QED) is 0.600. The van der Waals surface area contributed by atoms with Gasteiger partial charge in [0.15, 0.2) is 5.78 Å². The number of carbonyl (C=O) groups is 1. The number of ketones is 1. The van der Waals surface area contributed by atoms with E-state index in [2.05, 4.69) is 47.8 Å². The molecule has 0 aliphatic heterocycles. The predicted molar refractivity (Wildman–Crippen MR) is 77.3 cm³/mol. The lowest BCUT2D eigenvalue weighted by atomic mass is 10.1. The van der Waals surface area contributed by atoms with Crippen LogP contribution in [0.4, 0.5) is 0 Å². The van der Waals surface area contributed by atoms with Crippen LogP contribution < -0.4 is 0 Å². The molecule has 0 aliphatic carbocycles. The van der Waals surface area contributed by atoms with E-state index < -0.39 is 0 Å². The molecule has 0 N–H and O–H groups in total. The summed E-state index contributed by atoms with van der Waals surface area (Å²) in [6, 6.07) is 5.57. The van der Waals surface area contributed by atoms with E-state index in [1.807, 2.05) is 29.0 Å². The van der Waals surface area contributed by atoms with Crippen molar-refractivity contribution in [3.8, 4) is 0 Å². The minimum atomic E-state index is 0.0151. The summed E-state index contributed by atoms with van der Waals surface area (Å²) >= 11 is 11.6. The molecule has 0 saturated carbocycles. The molecule has 0 bridgehead atoms. The summed E-state index contributed by atoms with van der Waals surface area (Å²) in [5, 5.41) is 3.75. The van der Waals surface area contributed by atoms with E-state index in [0.717, 1.165) is 13.4 Å². The Labute approximate surface area is 122 Å². The average molecular weight is 425 g/mol. The Hall–Kier alpha value is 0.0300. The maximum atomic E-state index is 12.2. The van der Waals surface area contributed by atoms with Crippen LogP contribution in [-0.2, 0) is 0 Å². The Morgan fingerprint density at radius 3 is 2.38 bits per heavy atom. The normalized spacial score (nSPS) is 10.4. The van der Waals surface area contributed by atoms with Crippen molar-refractivity contribution < 1.29 is 4.79 Å². The lowest BCUT2D eigenvalue weighted by molar-refractivity contribution is 0.103. The Kier molecular flexibility index (Phi) is 4.00. The standard InChI is InChI=1S/C11H5Br3OS/c12-6-1-2-9(13)7(3-6)11(15)8-4-16-5-10(8)14/h1-5H. The van der Waals surface area contributed by atoms with Crippen LogP contribution in [0.3, 0.4) is 0 Å². The summed E-state index contributed by atoms with van der Waals surface area (Å²) in [6.07, 6.45) is 0. The van der Waals surface area contributed by atoms with Gasteiger partial charge in [0.25, 0.3) is 0 Å². The third kappa shape index (κ3) is 2.47. The number of carbonyl (C=O) groups excluding carboxylic acids is 1. The van der Waals surface area contributed by atoms with E-state index >= 15 is 0 Å². The Morgan fingerprint density at radius 1 is 1.00 bits per heavy atom. The van der Waals surface area contributed by atoms with Crippen molar-refractivity contribution in [2.45, 2.75) is 0 Å². The van der Waals surface area contributed by atoms with Crippen molar-refractivity contribution >= 4 is 64.9 Å². The van der Waals surface area contributed by atoms with E-state index in [0.29, 0.717) is 11.1 Å². The van der Waals surface area contributed by atoms with Crippen LogP contribution in [0.25, 0.3) is 0 Å². The number of halogens is 3. The van der Waals surface area contributed by atoms with Gasteiger partial charge >= 0.3 is 0 Å². The molecule has 0 radical (unpaired) electrons. The van der Waals surface area contributed by atoms with Crippen molar-refractivity contribution in [2.75, 3.05) is 0 Å². The van der Waals surface area contributed by atoms with Crippen LogP contribution in [-0.4, -0.2) is 5.78 Å². The molecular formula is C11H5Br3OS. The first-order valence-corrected chi connectivity index (χ1v) is 7.63. The first kappa shape index (κ1) is 12.5. The fourth-order valence-electron chi connectivity index (χ4n) is 1.26. The van der Waals surface area contributed by atoms with Crippen molar-refractivity contribution in [3.63, 3.8) is 0 Å². The fourth-order valence-corrected chi connectivity index (χ4v) is 3.50. The highest BCUT2D eigenvalue weighted by molar-refractivity contribution is 9.11. The van der Waals surface area contributed by atoms with Gasteiger partial charge in [-0.05, 0) is 34.1 Å². The Balaban J connectivity index is 2.49. The van der Waals surface area contributed by atoms with Gasteiger partial charge in [-0.15, -0.1) is 0 Å². The summed E-state index contributed by atoms with van der Waals surface area (Å²) in [6.45, 7) is 0. The molecule has 0 unspecified atom stereocenters. The predicted octanol–water partition coefficient (Wildman–Crippen LogP) is 5.27. The molecule has 16 heavy (non-hydrogen) atoms. The topological polar surface area (TPSA) is 17.1 Å². The zero-order chi connectivity index (χ0) is 11.7. The third-order valence-corrected chi connectivity index (χ3v) is 4.92. The van der Waals surface area contributed by atoms with Crippen LogP contribution >= 0.6 is 59.1 Å². The molecule has 1 aromatic carbocycles. The highest BCUT2D eigenvalue weighted by Crippen LogP contribution is 2.28. The van der Waals surface area contributed by atoms with Crippen molar-refractivity contribution in [2.24, 2.45) is 0 Å². The first-order chi connectivity index (χ1) is 7.59. The van der Waals surface area contributed by atoms with Gasteiger partial charge in [0.1, 0.15) is 0 Å². The number of thiophene rings is 1. The van der Waals surface area contributed by atoms with Gasteiger partial charge in [0.2, 0.25) is 0 Å². The minimum absolute atomic E-state index is 0.0151. The fraction of sp³-hybridized carbons (Fsp3) is 0. The van der Waals surface area contributed by atoms with Gasteiger partial charge in [-0.25, -0.2) is 0 Å². The molecule has 0 saturated heterocycles. The van der Waals surface area contributed by atoms with E-state index in [1.54, 1.807) is 0 Å². The van der Waals surface area contributed by atoms with E-state index in [4.69, 9.17) is 0 Å². The first-order valence-electron chi connectivity index (χ1n) is 4.31. The highest BCUT2D eigenvalue weighted by atomic mass is 79.9. The smallest absolute Gasteiger partial charge is 0.196 e. The number of rotatable bonds is 2. The van der Waals surface area contributed by atoms with Crippen molar-refractivity contribution in [3.05, 3.63) is 53.5 Å². The van der Waals surface area contributed by atoms with E-state index in [1.165, 1.54) is 11.3 Å². The molecule has 0 fully saturated rings. The van der Waals surface area contributed by atoms with Crippen LogP contribution in [0.5, 0.6) is 0 Å². The number of benzene rings is 1. The largest absolute Gasteiger partial charge is 0.288 e. The van der Waals surface area contributed by atoms with Gasteiger partial charge in [0.05, 0.1) is 0 Å². The third-order valence-electron chi connectivity index (χ3n) is 2.03. The van der Waals surface area contributed by atoms with E-state index in [9.17, 15) is 4.79 Å². The minimum Gasteiger partial charge on any atom is -0.288 e. The molecule has 1 heterocycles. The second kappa shape index (κ2) is 5.12. The summed E-state index contributed by atoms with van der Waals surface area (Å²) in [7, 11) is 0. The molecule has 1 aromatic heterocycles. The zero-order valence-electron chi connectivity index (χ0n) is 7.84. The molecule has 5 heteroatoms. The van der Waals surface area contributed by atoms with Crippen LogP contribution in [0.15, 0.2) is 42.4 Å². The van der Waals surface area contributed by atoms with Gasteiger partial charge in [-0.1, -0.05) is 31.9 Å². The Bertz CT molecular complexity index is 548. The monoisotopic (exact) mass is 422 g/mol. The Morgan fingerprint density at radius 2 is 1.75 bits per heavy atom.